The van der Waals surface area contributed by atoms with E-state index >= 15 is 0 Å². The van der Waals surface area contributed by atoms with Gasteiger partial charge in [-0.05, 0) is 60.1 Å². The number of esters is 1. The number of benzene rings is 3. The molecule has 6 nitrogen and oxygen atoms in total. The summed E-state index contributed by atoms with van der Waals surface area (Å²) in [6.45, 7) is 0. The number of carbonyl (C=O) groups is 2. The molecular weight excluding hydrogens is 480 g/mol. The highest BCUT2D eigenvalue weighted by Crippen LogP contribution is 2.45. The van der Waals surface area contributed by atoms with Crippen LogP contribution in [0.25, 0.3) is 12.2 Å². The first kappa shape index (κ1) is 25.6. The van der Waals surface area contributed by atoms with Crippen molar-refractivity contribution in [1.82, 2.24) is 0 Å². The number of hydrogen-bond acceptors (Lipinski definition) is 6. The molecule has 2 bridgehead atoms. The fourth-order valence-electron chi connectivity index (χ4n) is 5.11. The van der Waals surface area contributed by atoms with E-state index in [9.17, 15) is 19.8 Å². The van der Waals surface area contributed by atoms with Crippen molar-refractivity contribution in [1.29, 1.82) is 0 Å². The van der Waals surface area contributed by atoms with E-state index < -0.39 is 11.8 Å². The zero-order chi connectivity index (χ0) is 26.5. The SMILES string of the molecule is O=C1CCC[C@H]2C[C@H](C[C@@](O)(/C=C/c3ccccc3)O2)c2cc(C(=O)/C=C/c3ccccc3)c(O)cc2O1. The highest BCUT2D eigenvalue weighted by molar-refractivity contribution is 6.09. The Morgan fingerprint density at radius 2 is 1.66 bits per heavy atom. The maximum absolute atomic E-state index is 13.1. The Labute approximate surface area is 221 Å². The zero-order valence-electron chi connectivity index (χ0n) is 21.0. The maximum Gasteiger partial charge on any atom is 0.311 e. The van der Waals surface area contributed by atoms with Crippen LogP contribution in [0, 0.1) is 0 Å². The van der Waals surface area contributed by atoms with Crippen LogP contribution in [-0.2, 0) is 9.53 Å². The lowest BCUT2D eigenvalue weighted by molar-refractivity contribution is -0.227. The molecule has 2 aliphatic rings. The summed E-state index contributed by atoms with van der Waals surface area (Å²) < 4.78 is 11.8. The Hall–Kier alpha value is -4.00. The van der Waals surface area contributed by atoms with Crippen molar-refractivity contribution >= 4 is 23.9 Å². The van der Waals surface area contributed by atoms with Crippen molar-refractivity contribution in [2.24, 2.45) is 0 Å². The van der Waals surface area contributed by atoms with Gasteiger partial charge in [0, 0.05) is 18.9 Å². The summed E-state index contributed by atoms with van der Waals surface area (Å²) in [5.74, 6) is -2.66. The summed E-state index contributed by atoms with van der Waals surface area (Å²) in [5, 5.41) is 22.2. The van der Waals surface area contributed by atoms with Crippen molar-refractivity contribution in [2.75, 3.05) is 0 Å². The molecule has 2 heterocycles. The number of rotatable bonds is 5. The van der Waals surface area contributed by atoms with E-state index in [1.807, 2.05) is 66.7 Å². The number of ether oxygens (including phenoxy) is 2. The average molecular weight is 511 g/mol. The van der Waals surface area contributed by atoms with Crippen LogP contribution in [0.15, 0.2) is 84.9 Å². The first-order valence-electron chi connectivity index (χ1n) is 12.9. The normalized spacial score (nSPS) is 23.7. The van der Waals surface area contributed by atoms with Gasteiger partial charge in [-0.25, -0.2) is 0 Å². The number of aliphatic hydroxyl groups is 1. The molecule has 1 fully saturated rings. The molecule has 0 radical (unpaired) electrons. The molecule has 3 aromatic carbocycles. The number of allylic oxidation sites excluding steroid dienone is 1. The van der Waals surface area contributed by atoms with Gasteiger partial charge >= 0.3 is 5.97 Å². The minimum atomic E-state index is -1.54. The molecule has 0 amide bonds. The molecule has 0 aromatic heterocycles. The molecule has 0 aliphatic carbocycles. The zero-order valence-corrected chi connectivity index (χ0v) is 21.0. The van der Waals surface area contributed by atoms with Crippen molar-refractivity contribution in [3.63, 3.8) is 0 Å². The van der Waals surface area contributed by atoms with Crippen LogP contribution in [0.1, 0.15) is 65.1 Å². The van der Waals surface area contributed by atoms with Crippen LogP contribution in [0.5, 0.6) is 11.5 Å². The van der Waals surface area contributed by atoms with Gasteiger partial charge in [-0.15, -0.1) is 0 Å². The molecule has 2 aliphatic heterocycles. The number of phenols is 1. The largest absolute Gasteiger partial charge is 0.507 e. The fraction of sp³-hybridized carbons (Fsp3) is 0.250. The van der Waals surface area contributed by atoms with Crippen molar-refractivity contribution < 1.29 is 29.3 Å². The Bertz CT molecular complexity index is 1360. The predicted molar refractivity (Wildman–Crippen MR) is 145 cm³/mol. The van der Waals surface area contributed by atoms with Crippen LogP contribution in [-0.4, -0.2) is 33.9 Å². The van der Waals surface area contributed by atoms with E-state index in [0.29, 0.717) is 24.8 Å². The van der Waals surface area contributed by atoms with Gasteiger partial charge in [0.2, 0.25) is 0 Å². The molecule has 3 atom stereocenters. The molecule has 2 N–H and O–H groups in total. The lowest BCUT2D eigenvalue weighted by Gasteiger charge is -2.41. The second kappa shape index (κ2) is 11.2. The van der Waals surface area contributed by atoms with Crippen LogP contribution >= 0.6 is 0 Å². The average Bonchev–Trinajstić information content (AvgIpc) is 2.91. The van der Waals surface area contributed by atoms with E-state index in [1.165, 1.54) is 12.1 Å². The quantitative estimate of drug-likeness (QED) is 0.188. The summed E-state index contributed by atoms with van der Waals surface area (Å²) in [7, 11) is 0. The van der Waals surface area contributed by atoms with E-state index in [0.717, 1.165) is 11.1 Å². The number of ketones is 1. The van der Waals surface area contributed by atoms with Gasteiger partial charge in [0.05, 0.1) is 11.7 Å². The summed E-state index contributed by atoms with van der Waals surface area (Å²) in [6.07, 6.45) is 8.41. The van der Waals surface area contributed by atoms with E-state index in [2.05, 4.69) is 0 Å². The standard InChI is InChI=1S/C32H30O6/c33-28(15-14-22-8-3-1-4-9-22)27-19-26-24-18-25(12-7-13-31(35)37-30(26)20-29(27)34)38-32(36,21-24)17-16-23-10-5-2-6-11-23/h1-6,8-11,14-17,19-20,24-25,34,36H,7,12-13,18,21H2/b15-14+,17-16+/t24-,25+,32-/m1/s1. The van der Waals surface area contributed by atoms with Crippen molar-refractivity contribution in [3.8, 4) is 11.5 Å². The lowest BCUT2D eigenvalue weighted by atomic mass is 9.81. The van der Waals surface area contributed by atoms with Crippen molar-refractivity contribution in [2.45, 2.75) is 49.9 Å². The van der Waals surface area contributed by atoms with Gasteiger partial charge in [0.15, 0.2) is 11.6 Å². The van der Waals surface area contributed by atoms with Gasteiger partial charge in [-0.3, -0.25) is 9.59 Å². The van der Waals surface area contributed by atoms with Gasteiger partial charge in [0.1, 0.15) is 11.5 Å². The Morgan fingerprint density at radius 1 is 0.974 bits per heavy atom. The molecule has 0 spiro atoms. The topological polar surface area (TPSA) is 93.1 Å². The lowest BCUT2D eigenvalue weighted by Crippen LogP contribution is -2.42. The maximum atomic E-state index is 13.1. The molecule has 0 unspecified atom stereocenters. The monoisotopic (exact) mass is 510 g/mol. The second-order valence-corrected chi connectivity index (χ2v) is 9.85. The minimum absolute atomic E-state index is 0.107. The minimum Gasteiger partial charge on any atom is -0.507 e. The van der Waals surface area contributed by atoms with Crippen LogP contribution in [0.4, 0.5) is 0 Å². The molecule has 5 rings (SSSR count). The summed E-state index contributed by atoms with van der Waals surface area (Å²) in [5.41, 5.74) is 2.49. The van der Waals surface area contributed by atoms with Gasteiger partial charge in [-0.1, -0.05) is 72.8 Å². The number of fused-ring (bicyclic) bond motifs is 4. The fourth-order valence-corrected chi connectivity index (χ4v) is 5.11. The van der Waals surface area contributed by atoms with Gasteiger partial charge in [-0.2, -0.15) is 0 Å². The van der Waals surface area contributed by atoms with E-state index in [-0.39, 0.29) is 47.7 Å². The van der Waals surface area contributed by atoms with E-state index in [1.54, 1.807) is 18.2 Å². The first-order chi connectivity index (χ1) is 18.4. The second-order valence-electron chi connectivity index (χ2n) is 9.85. The van der Waals surface area contributed by atoms with Gasteiger partial charge < -0.3 is 19.7 Å². The first-order valence-corrected chi connectivity index (χ1v) is 12.9. The number of hydrogen-bond donors (Lipinski definition) is 2. The summed E-state index contributed by atoms with van der Waals surface area (Å²) in [6, 6.07) is 22.0. The molecule has 38 heavy (non-hydrogen) atoms. The Balaban J connectivity index is 1.50. The number of phenolic OH excluding ortho intramolecular Hbond substituents is 1. The smallest absolute Gasteiger partial charge is 0.311 e. The van der Waals surface area contributed by atoms with Crippen LogP contribution < -0.4 is 4.74 Å². The third-order valence-electron chi connectivity index (χ3n) is 6.98. The summed E-state index contributed by atoms with van der Waals surface area (Å²) in [4.78, 5) is 25.6. The molecule has 0 saturated carbocycles. The third kappa shape index (κ3) is 6.10. The summed E-state index contributed by atoms with van der Waals surface area (Å²) >= 11 is 0. The third-order valence-corrected chi connectivity index (χ3v) is 6.98. The van der Waals surface area contributed by atoms with E-state index in [4.69, 9.17) is 9.47 Å². The van der Waals surface area contributed by atoms with Crippen molar-refractivity contribution in [3.05, 3.63) is 107 Å². The number of aromatic hydroxyl groups is 1. The molecular formula is C32H30O6. The molecule has 1 saturated heterocycles. The van der Waals surface area contributed by atoms with Crippen LogP contribution in [0.2, 0.25) is 0 Å². The molecule has 3 aromatic rings. The number of carbonyl (C=O) groups excluding carboxylic acids is 2. The Kier molecular flexibility index (Phi) is 7.54. The molecule has 6 heteroatoms. The van der Waals surface area contributed by atoms with Crippen LogP contribution in [0.3, 0.4) is 0 Å². The Morgan fingerprint density at radius 3 is 2.37 bits per heavy atom. The highest BCUT2D eigenvalue weighted by Gasteiger charge is 2.40. The molecule has 194 valence electrons. The predicted octanol–water partition coefficient (Wildman–Crippen LogP) is 6.04. The highest BCUT2D eigenvalue weighted by atomic mass is 16.6. The van der Waals surface area contributed by atoms with Gasteiger partial charge in [0.25, 0.3) is 0 Å².